The summed E-state index contributed by atoms with van der Waals surface area (Å²) < 4.78 is 0. The molecule has 0 atom stereocenters. The Morgan fingerprint density at radius 2 is 1.84 bits per heavy atom. The number of nitrogens with two attached hydrogens (primary N) is 1. The molecule has 6 heteroatoms. The van der Waals surface area contributed by atoms with Crippen molar-refractivity contribution in [3.8, 4) is 5.88 Å². The van der Waals surface area contributed by atoms with Crippen molar-refractivity contribution in [2.24, 2.45) is 4.99 Å². The minimum atomic E-state index is -0.0336. The Labute approximate surface area is 145 Å². The molecule has 25 heavy (non-hydrogen) atoms. The highest BCUT2D eigenvalue weighted by Crippen LogP contribution is 2.30. The number of aromatic nitrogens is 1. The van der Waals surface area contributed by atoms with E-state index in [-0.39, 0.29) is 11.8 Å². The predicted octanol–water partition coefficient (Wildman–Crippen LogP) is 3.58. The lowest BCUT2D eigenvalue weighted by Gasteiger charge is -2.14. The van der Waals surface area contributed by atoms with Crippen LogP contribution < -0.4 is 10.6 Å². The summed E-state index contributed by atoms with van der Waals surface area (Å²) in [6.07, 6.45) is 0. The molecule has 0 saturated heterocycles. The molecule has 4 N–H and O–H groups in total. The second-order valence-electron chi connectivity index (χ2n) is 5.95. The second-order valence-corrected chi connectivity index (χ2v) is 5.95. The molecule has 3 aromatic rings. The van der Waals surface area contributed by atoms with Crippen molar-refractivity contribution in [3.63, 3.8) is 0 Å². The standard InChI is InChI=1S/C19H20N4O2/c1-11(18-16-10-13(20)4-9-17(16)22-19(18)25)21-14-5-7-15(8-6-14)23(3)12(2)24/h4-10,22,25H,20H2,1-3H3. The lowest BCUT2D eigenvalue weighted by Crippen LogP contribution is -2.22. The summed E-state index contributed by atoms with van der Waals surface area (Å²) in [5.41, 5.74) is 10.1. The lowest BCUT2D eigenvalue weighted by molar-refractivity contribution is -0.116. The fourth-order valence-electron chi connectivity index (χ4n) is 2.74. The Morgan fingerprint density at radius 1 is 1.16 bits per heavy atom. The van der Waals surface area contributed by atoms with Gasteiger partial charge in [0.15, 0.2) is 5.88 Å². The zero-order valence-electron chi connectivity index (χ0n) is 14.4. The van der Waals surface area contributed by atoms with Crippen molar-refractivity contribution in [3.05, 3.63) is 48.0 Å². The number of nitrogens with one attached hydrogen (secondary N) is 1. The number of anilines is 2. The van der Waals surface area contributed by atoms with Gasteiger partial charge in [-0.05, 0) is 49.4 Å². The van der Waals surface area contributed by atoms with Crippen molar-refractivity contribution in [2.45, 2.75) is 13.8 Å². The number of hydrogen-bond donors (Lipinski definition) is 3. The van der Waals surface area contributed by atoms with E-state index in [1.165, 1.54) is 6.92 Å². The van der Waals surface area contributed by atoms with Gasteiger partial charge in [-0.25, -0.2) is 0 Å². The first-order chi connectivity index (χ1) is 11.9. The molecule has 0 saturated carbocycles. The predicted molar refractivity (Wildman–Crippen MR) is 102 cm³/mol. The number of H-pyrrole nitrogens is 1. The van der Waals surface area contributed by atoms with E-state index in [0.717, 1.165) is 22.3 Å². The van der Waals surface area contributed by atoms with Gasteiger partial charge in [0.25, 0.3) is 0 Å². The van der Waals surface area contributed by atoms with Crippen LogP contribution in [-0.4, -0.2) is 28.8 Å². The Bertz CT molecular complexity index is 971. The van der Waals surface area contributed by atoms with Crippen molar-refractivity contribution in [1.29, 1.82) is 0 Å². The third-order valence-corrected chi connectivity index (χ3v) is 4.17. The molecule has 6 nitrogen and oxygen atoms in total. The van der Waals surface area contributed by atoms with Gasteiger partial charge in [-0.15, -0.1) is 0 Å². The second kappa shape index (κ2) is 6.32. The van der Waals surface area contributed by atoms with Crippen LogP contribution in [0.5, 0.6) is 5.88 Å². The number of carbonyl (C=O) groups is 1. The maximum Gasteiger partial charge on any atom is 0.223 e. The molecule has 0 fully saturated rings. The number of amides is 1. The summed E-state index contributed by atoms with van der Waals surface area (Å²) >= 11 is 0. The van der Waals surface area contributed by atoms with Gasteiger partial charge < -0.3 is 20.7 Å². The lowest BCUT2D eigenvalue weighted by atomic mass is 10.1. The van der Waals surface area contributed by atoms with E-state index < -0.39 is 0 Å². The van der Waals surface area contributed by atoms with Gasteiger partial charge in [0.1, 0.15) is 0 Å². The summed E-state index contributed by atoms with van der Waals surface area (Å²) in [4.78, 5) is 20.5. The van der Waals surface area contributed by atoms with Gasteiger partial charge >= 0.3 is 0 Å². The van der Waals surface area contributed by atoms with Crippen LogP contribution in [0.2, 0.25) is 0 Å². The highest BCUT2D eigenvalue weighted by Gasteiger charge is 2.14. The fourth-order valence-corrected chi connectivity index (χ4v) is 2.74. The number of benzene rings is 2. The van der Waals surface area contributed by atoms with Crippen LogP contribution in [0, 0.1) is 0 Å². The van der Waals surface area contributed by atoms with Crippen LogP contribution in [0.4, 0.5) is 17.1 Å². The Morgan fingerprint density at radius 3 is 2.48 bits per heavy atom. The third-order valence-electron chi connectivity index (χ3n) is 4.17. The third kappa shape index (κ3) is 3.19. The normalized spacial score (nSPS) is 11.7. The number of nitrogen functional groups attached to an aromatic ring is 1. The van der Waals surface area contributed by atoms with Crippen molar-refractivity contribution >= 4 is 39.6 Å². The Hall–Kier alpha value is -3.28. The van der Waals surface area contributed by atoms with Crippen LogP contribution in [0.15, 0.2) is 47.5 Å². The molecule has 1 heterocycles. The monoisotopic (exact) mass is 336 g/mol. The molecule has 0 radical (unpaired) electrons. The summed E-state index contributed by atoms with van der Waals surface area (Å²) in [7, 11) is 1.72. The maximum absolute atomic E-state index is 11.4. The van der Waals surface area contributed by atoms with Crippen LogP contribution in [0.25, 0.3) is 10.9 Å². The number of fused-ring (bicyclic) bond motifs is 1. The van der Waals surface area contributed by atoms with Gasteiger partial charge in [-0.3, -0.25) is 9.79 Å². The molecular formula is C19H20N4O2. The number of carbonyl (C=O) groups excluding carboxylic acids is 1. The molecule has 0 aliphatic carbocycles. The first-order valence-corrected chi connectivity index (χ1v) is 7.87. The van der Waals surface area contributed by atoms with E-state index in [4.69, 9.17) is 5.73 Å². The molecule has 0 bridgehead atoms. The number of aromatic amines is 1. The first kappa shape index (κ1) is 16.6. The van der Waals surface area contributed by atoms with Gasteiger partial charge in [0, 0.05) is 36.2 Å². The summed E-state index contributed by atoms with van der Waals surface area (Å²) in [5.74, 6) is 0.0310. The Balaban J connectivity index is 1.98. The highest BCUT2D eigenvalue weighted by atomic mass is 16.3. The Kier molecular flexibility index (Phi) is 4.19. The molecule has 128 valence electrons. The smallest absolute Gasteiger partial charge is 0.223 e. The number of aliphatic imine (C=N–C) groups is 1. The minimum Gasteiger partial charge on any atom is -0.494 e. The van der Waals surface area contributed by atoms with E-state index in [1.807, 2.05) is 43.3 Å². The van der Waals surface area contributed by atoms with Crippen LogP contribution >= 0.6 is 0 Å². The van der Waals surface area contributed by atoms with Gasteiger partial charge in [0.05, 0.1) is 17.0 Å². The van der Waals surface area contributed by atoms with E-state index in [1.54, 1.807) is 18.0 Å². The average molecular weight is 336 g/mol. The maximum atomic E-state index is 11.4. The summed E-state index contributed by atoms with van der Waals surface area (Å²) in [5, 5.41) is 11.1. The highest BCUT2D eigenvalue weighted by molar-refractivity contribution is 6.13. The van der Waals surface area contributed by atoms with E-state index in [0.29, 0.717) is 17.0 Å². The summed E-state index contributed by atoms with van der Waals surface area (Å²) in [6, 6.07) is 12.7. The molecule has 2 aromatic carbocycles. The molecule has 1 amide bonds. The molecule has 0 spiro atoms. The van der Waals surface area contributed by atoms with Crippen LogP contribution in [0.3, 0.4) is 0 Å². The van der Waals surface area contributed by atoms with Crippen molar-refractivity contribution < 1.29 is 9.90 Å². The van der Waals surface area contributed by atoms with E-state index >= 15 is 0 Å². The number of rotatable bonds is 3. The molecule has 0 aliphatic rings. The quantitative estimate of drug-likeness (QED) is 0.504. The van der Waals surface area contributed by atoms with Gasteiger partial charge in [0.2, 0.25) is 5.91 Å². The van der Waals surface area contributed by atoms with Crippen LogP contribution in [0.1, 0.15) is 19.4 Å². The SMILES string of the molecule is CC(=O)N(C)c1ccc(N=C(C)c2c(O)[nH]c3ccc(N)cc23)cc1. The zero-order valence-corrected chi connectivity index (χ0v) is 14.4. The van der Waals surface area contributed by atoms with Crippen LogP contribution in [-0.2, 0) is 4.79 Å². The topological polar surface area (TPSA) is 94.7 Å². The molecule has 0 unspecified atom stereocenters. The minimum absolute atomic E-state index is 0.0336. The van der Waals surface area contributed by atoms with Crippen molar-refractivity contribution in [1.82, 2.24) is 4.98 Å². The van der Waals surface area contributed by atoms with E-state index in [9.17, 15) is 9.90 Å². The fraction of sp³-hybridized carbons (Fsp3) is 0.158. The number of aromatic hydroxyl groups is 1. The molecule has 0 aliphatic heterocycles. The largest absolute Gasteiger partial charge is 0.494 e. The first-order valence-electron chi connectivity index (χ1n) is 7.87. The van der Waals surface area contributed by atoms with Gasteiger partial charge in [-0.1, -0.05) is 0 Å². The van der Waals surface area contributed by atoms with Gasteiger partial charge in [-0.2, -0.15) is 0 Å². The zero-order chi connectivity index (χ0) is 18.1. The average Bonchev–Trinajstić information content (AvgIpc) is 2.89. The number of hydrogen-bond acceptors (Lipinski definition) is 4. The molecular weight excluding hydrogens is 316 g/mol. The summed E-state index contributed by atoms with van der Waals surface area (Å²) in [6.45, 7) is 3.35. The molecule has 1 aromatic heterocycles. The van der Waals surface area contributed by atoms with Crippen molar-refractivity contribution in [2.75, 3.05) is 17.7 Å². The molecule has 3 rings (SSSR count). The van der Waals surface area contributed by atoms with E-state index in [2.05, 4.69) is 9.98 Å². The number of nitrogens with zero attached hydrogens (tertiary/aromatic N) is 2.